The molecule has 0 radical (unpaired) electrons. The van der Waals surface area contributed by atoms with Gasteiger partial charge in [-0.15, -0.1) is 11.8 Å². The Balaban J connectivity index is 1.85. The monoisotopic (exact) mass is 352 g/mol. The molecule has 3 rings (SSSR count). The first-order valence-corrected chi connectivity index (χ1v) is 9.07. The predicted octanol–water partition coefficient (Wildman–Crippen LogP) is 4.34. The fraction of sp³-hybridized carbons (Fsp3) is 0.200. The number of nitrogens with one attached hydrogen (secondary N) is 1. The molecule has 2 aromatic carbocycles. The van der Waals surface area contributed by atoms with E-state index < -0.39 is 0 Å². The number of hydrogen-bond donors (Lipinski definition) is 1. The first kappa shape index (κ1) is 17.3. The summed E-state index contributed by atoms with van der Waals surface area (Å²) in [4.78, 5) is 27.4. The van der Waals surface area contributed by atoms with Gasteiger partial charge in [-0.1, -0.05) is 25.6 Å². The summed E-state index contributed by atoms with van der Waals surface area (Å²) in [5.74, 6) is -0.296. The molecule has 1 aliphatic rings. The summed E-state index contributed by atoms with van der Waals surface area (Å²) in [6.07, 6.45) is 2.16. The number of thioether (sulfide) groups is 1. The van der Waals surface area contributed by atoms with Crippen molar-refractivity contribution >= 4 is 35.0 Å². The lowest BCUT2D eigenvalue weighted by molar-refractivity contribution is -0.111. The highest BCUT2D eigenvalue weighted by atomic mass is 32.2. The molecule has 0 saturated heterocycles. The van der Waals surface area contributed by atoms with E-state index in [1.807, 2.05) is 34.9 Å². The van der Waals surface area contributed by atoms with Crippen molar-refractivity contribution in [2.45, 2.75) is 23.5 Å². The fourth-order valence-electron chi connectivity index (χ4n) is 2.74. The maximum atomic E-state index is 13.0. The zero-order valence-electron chi connectivity index (χ0n) is 14.1. The average Bonchev–Trinajstić information content (AvgIpc) is 2.80. The molecule has 25 heavy (non-hydrogen) atoms. The minimum atomic E-state index is -0.272. The normalized spacial score (nSPS) is 16.5. The topological polar surface area (TPSA) is 49.4 Å². The van der Waals surface area contributed by atoms with Crippen molar-refractivity contribution in [1.29, 1.82) is 0 Å². The Morgan fingerprint density at radius 1 is 1.20 bits per heavy atom. The van der Waals surface area contributed by atoms with Gasteiger partial charge in [0.2, 0.25) is 5.91 Å². The van der Waals surface area contributed by atoms with Crippen LogP contribution >= 0.6 is 11.8 Å². The van der Waals surface area contributed by atoms with E-state index in [4.69, 9.17) is 0 Å². The van der Waals surface area contributed by atoms with Crippen LogP contribution in [0.15, 0.2) is 66.1 Å². The maximum absolute atomic E-state index is 13.0. The number of carbonyl (C=O) groups is 2. The van der Waals surface area contributed by atoms with Crippen molar-refractivity contribution in [2.24, 2.45) is 0 Å². The Hall–Kier alpha value is -2.53. The molecule has 0 bridgehead atoms. The summed E-state index contributed by atoms with van der Waals surface area (Å²) in [5.41, 5.74) is 2.21. The van der Waals surface area contributed by atoms with E-state index in [2.05, 4.69) is 24.9 Å². The molecular formula is C20H20N2O2S. The smallest absolute Gasteiger partial charge is 0.258 e. The molecule has 0 aromatic heterocycles. The number of fused-ring (bicyclic) bond motifs is 1. The van der Waals surface area contributed by atoms with Crippen LogP contribution < -0.4 is 10.2 Å². The third-order valence-corrected chi connectivity index (χ3v) is 5.31. The van der Waals surface area contributed by atoms with Crippen LogP contribution in [0.1, 0.15) is 23.7 Å². The Morgan fingerprint density at radius 2 is 1.92 bits per heavy atom. The number of para-hydroxylation sites is 1. The van der Waals surface area contributed by atoms with Crippen LogP contribution in [0.4, 0.5) is 11.4 Å². The van der Waals surface area contributed by atoms with Crippen LogP contribution in [0.3, 0.4) is 0 Å². The zero-order chi connectivity index (χ0) is 17.8. The molecule has 1 atom stereocenters. The Kier molecular flexibility index (Phi) is 5.24. The van der Waals surface area contributed by atoms with Gasteiger partial charge in [0.15, 0.2) is 0 Å². The lowest BCUT2D eigenvalue weighted by atomic mass is 10.1. The average molecular weight is 352 g/mol. The molecule has 0 fully saturated rings. The van der Waals surface area contributed by atoms with Gasteiger partial charge in [0.1, 0.15) is 0 Å². The van der Waals surface area contributed by atoms with Gasteiger partial charge in [-0.3, -0.25) is 9.59 Å². The van der Waals surface area contributed by atoms with Gasteiger partial charge in [-0.25, -0.2) is 0 Å². The standard InChI is InChI=1S/C20H20N2O2S/c1-3-19(23)21-16-10-8-15(9-11-16)20(24)22-13-12-14(2)25-18-7-5-4-6-17(18)22/h3-11,14H,1,12-13H2,2H3,(H,21,23). The summed E-state index contributed by atoms with van der Waals surface area (Å²) >= 11 is 1.81. The van der Waals surface area contributed by atoms with Gasteiger partial charge in [-0.2, -0.15) is 0 Å². The van der Waals surface area contributed by atoms with E-state index >= 15 is 0 Å². The molecule has 1 heterocycles. The van der Waals surface area contributed by atoms with Crippen LogP contribution in [0.5, 0.6) is 0 Å². The second-order valence-electron chi connectivity index (χ2n) is 5.91. The number of rotatable bonds is 3. The van der Waals surface area contributed by atoms with E-state index in [-0.39, 0.29) is 11.8 Å². The minimum Gasteiger partial charge on any atom is -0.323 e. The molecule has 0 saturated carbocycles. The molecule has 2 amide bonds. The molecular weight excluding hydrogens is 332 g/mol. The molecule has 1 unspecified atom stereocenters. The predicted molar refractivity (Wildman–Crippen MR) is 103 cm³/mol. The van der Waals surface area contributed by atoms with Gasteiger partial charge >= 0.3 is 0 Å². The van der Waals surface area contributed by atoms with Crippen molar-refractivity contribution < 1.29 is 9.59 Å². The van der Waals surface area contributed by atoms with Crippen LogP contribution in [0.2, 0.25) is 0 Å². The van der Waals surface area contributed by atoms with Crippen LogP contribution in [0.25, 0.3) is 0 Å². The number of benzene rings is 2. The summed E-state index contributed by atoms with van der Waals surface area (Å²) in [6, 6.07) is 15.0. The number of anilines is 2. The Morgan fingerprint density at radius 3 is 2.64 bits per heavy atom. The summed E-state index contributed by atoms with van der Waals surface area (Å²) < 4.78 is 0. The molecule has 2 aromatic rings. The largest absolute Gasteiger partial charge is 0.323 e. The number of nitrogens with zero attached hydrogens (tertiary/aromatic N) is 1. The summed E-state index contributed by atoms with van der Waals surface area (Å²) in [5, 5.41) is 3.15. The molecule has 128 valence electrons. The van der Waals surface area contributed by atoms with Crippen molar-refractivity contribution in [1.82, 2.24) is 0 Å². The highest BCUT2D eigenvalue weighted by Crippen LogP contribution is 2.37. The van der Waals surface area contributed by atoms with Gasteiger partial charge in [0, 0.05) is 27.9 Å². The molecule has 0 spiro atoms. The zero-order valence-corrected chi connectivity index (χ0v) is 14.9. The highest BCUT2D eigenvalue weighted by Gasteiger charge is 2.24. The molecule has 4 nitrogen and oxygen atoms in total. The molecule has 5 heteroatoms. The van der Waals surface area contributed by atoms with E-state index in [0.717, 1.165) is 17.0 Å². The second-order valence-corrected chi connectivity index (χ2v) is 7.39. The van der Waals surface area contributed by atoms with Crippen molar-refractivity contribution in [3.63, 3.8) is 0 Å². The SMILES string of the molecule is C=CC(=O)Nc1ccc(C(=O)N2CCC(C)Sc3ccccc32)cc1. The summed E-state index contributed by atoms with van der Waals surface area (Å²) in [7, 11) is 0. The lowest BCUT2D eigenvalue weighted by Crippen LogP contribution is -2.32. The third kappa shape index (κ3) is 3.94. The van der Waals surface area contributed by atoms with Crippen molar-refractivity contribution in [3.05, 3.63) is 66.7 Å². The first-order valence-electron chi connectivity index (χ1n) is 8.19. The van der Waals surface area contributed by atoms with Crippen LogP contribution in [-0.4, -0.2) is 23.6 Å². The lowest BCUT2D eigenvalue weighted by Gasteiger charge is -2.22. The highest BCUT2D eigenvalue weighted by molar-refractivity contribution is 8.00. The molecule has 1 aliphatic heterocycles. The van der Waals surface area contributed by atoms with E-state index in [0.29, 0.717) is 23.0 Å². The Labute approximate surface area is 151 Å². The van der Waals surface area contributed by atoms with Crippen LogP contribution in [-0.2, 0) is 4.79 Å². The quantitative estimate of drug-likeness (QED) is 0.836. The van der Waals surface area contributed by atoms with Gasteiger partial charge < -0.3 is 10.2 Å². The van der Waals surface area contributed by atoms with Crippen molar-refractivity contribution in [3.8, 4) is 0 Å². The van der Waals surface area contributed by atoms with Gasteiger partial charge in [-0.05, 0) is 48.9 Å². The maximum Gasteiger partial charge on any atom is 0.258 e. The van der Waals surface area contributed by atoms with Crippen LogP contribution in [0, 0.1) is 0 Å². The first-order chi connectivity index (χ1) is 12.1. The van der Waals surface area contributed by atoms with E-state index in [9.17, 15) is 9.59 Å². The molecule has 1 N–H and O–H groups in total. The fourth-order valence-corrected chi connectivity index (χ4v) is 3.86. The van der Waals surface area contributed by atoms with Gasteiger partial charge in [0.05, 0.1) is 5.69 Å². The number of amides is 2. The van der Waals surface area contributed by atoms with Crippen molar-refractivity contribution in [2.75, 3.05) is 16.8 Å². The summed E-state index contributed by atoms with van der Waals surface area (Å²) in [6.45, 7) is 6.31. The molecule has 0 aliphatic carbocycles. The van der Waals surface area contributed by atoms with E-state index in [1.165, 1.54) is 6.08 Å². The minimum absolute atomic E-state index is 0.0243. The number of carbonyl (C=O) groups excluding carboxylic acids is 2. The van der Waals surface area contributed by atoms with E-state index in [1.54, 1.807) is 24.3 Å². The second kappa shape index (κ2) is 7.57. The third-order valence-electron chi connectivity index (χ3n) is 4.07. The van der Waals surface area contributed by atoms with Gasteiger partial charge in [0.25, 0.3) is 5.91 Å². The Bertz CT molecular complexity index is 802. The number of hydrogen-bond acceptors (Lipinski definition) is 3.